The van der Waals surface area contributed by atoms with Gasteiger partial charge in [-0.2, -0.15) is 9.61 Å². The van der Waals surface area contributed by atoms with Gasteiger partial charge in [-0.3, -0.25) is 0 Å². The molecule has 1 saturated carbocycles. The van der Waals surface area contributed by atoms with Gasteiger partial charge in [-0.25, -0.2) is 0 Å². The third kappa shape index (κ3) is 1.36. The maximum Gasteiger partial charge on any atom is 0.234 e. The molecule has 0 unspecified atom stereocenters. The first-order chi connectivity index (χ1) is 7.90. The van der Waals surface area contributed by atoms with Crippen LogP contribution in [0.2, 0.25) is 0 Å². The van der Waals surface area contributed by atoms with Gasteiger partial charge in [-0.05, 0) is 31.8 Å². The van der Waals surface area contributed by atoms with Crippen LogP contribution in [-0.4, -0.2) is 32.9 Å². The molecule has 6 heteroatoms. The van der Waals surface area contributed by atoms with Crippen LogP contribution in [0.25, 0.3) is 4.96 Å². The highest BCUT2D eigenvalue weighted by Gasteiger charge is 2.30. The topological polar surface area (TPSA) is 55.1 Å². The van der Waals surface area contributed by atoms with E-state index in [9.17, 15) is 0 Å². The Kier molecular flexibility index (Phi) is 1.84. The first-order valence-corrected chi connectivity index (χ1v) is 6.63. The van der Waals surface area contributed by atoms with Gasteiger partial charge in [0.2, 0.25) is 4.96 Å². The third-order valence-corrected chi connectivity index (χ3v) is 4.25. The molecule has 1 aliphatic heterocycles. The fourth-order valence-corrected chi connectivity index (χ4v) is 3.04. The summed E-state index contributed by atoms with van der Waals surface area (Å²) in [5.74, 6) is 2.47. The number of hydrogen-bond donors (Lipinski definition) is 1. The molecule has 16 heavy (non-hydrogen) atoms. The van der Waals surface area contributed by atoms with Crippen LogP contribution in [0.4, 0.5) is 0 Å². The summed E-state index contributed by atoms with van der Waals surface area (Å²) >= 11 is 1.69. The molecule has 0 spiro atoms. The lowest BCUT2D eigenvalue weighted by atomic mass is 10.0. The van der Waals surface area contributed by atoms with Gasteiger partial charge < -0.3 is 5.32 Å². The van der Waals surface area contributed by atoms with Crippen molar-refractivity contribution in [3.05, 3.63) is 10.8 Å². The SMILES string of the molecule is C1NCC1Cc1nn2c(C3CC3)nnc2s1. The first-order valence-electron chi connectivity index (χ1n) is 5.82. The number of hydrogen-bond acceptors (Lipinski definition) is 5. The van der Waals surface area contributed by atoms with E-state index in [1.165, 1.54) is 17.8 Å². The summed E-state index contributed by atoms with van der Waals surface area (Å²) in [5, 5.41) is 17.6. The summed E-state index contributed by atoms with van der Waals surface area (Å²) in [7, 11) is 0. The van der Waals surface area contributed by atoms with E-state index < -0.39 is 0 Å². The normalized spacial score (nSPS) is 21.5. The van der Waals surface area contributed by atoms with E-state index in [1.54, 1.807) is 11.3 Å². The van der Waals surface area contributed by atoms with Crippen molar-refractivity contribution < 1.29 is 0 Å². The maximum absolute atomic E-state index is 4.64. The van der Waals surface area contributed by atoms with Crippen molar-refractivity contribution in [1.29, 1.82) is 0 Å². The van der Waals surface area contributed by atoms with Gasteiger partial charge in [-0.1, -0.05) is 11.3 Å². The average molecular weight is 235 g/mol. The van der Waals surface area contributed by atoms with Crippen LogP contribution < -0.4 is 5.32 Å². The molecule has 1 aliphatic carbocycles. The van der Waals surface area contributed by atoms with E-state index in [0.29, 0.717) is 5.92 Å². The van der Waals surface area contributed by atoms with Crippen LogP contribution >= 0.6 is 11.3 Å². The summed E-state index contributed by atoms with van der Waals surface area (Å²) < 4.78 is 1.96. The molecule has 0 amide bonds. The first kappa shape index (κ1) is 9.07. The van der Waals surface area contributed by atoms with Crippen molar-refractivity contribution in [2.45, 2.75) is 25.2 Å². The highest BCUT2D eigenvalue weighted by Crippen LogP contribution is 2.39. The standard InChI is InChI=1S/C10H13N5S/c1-2-7(1)9-12-13-10-15(9)14-8(16-10)3-6-4-11-5-6/h6-7,11H,1-5H2. The molecule has 5 nitrogen and oxygen atoms in total. The number of rotatable bonds is 3. The van der Waals surface area contributed by atoms with Gasteiger partial charge in [-0.15, -0.1) is 10.2 Å². The fraction of sp³-hybridized carbons (Fsp3) is 0.700. The predicted molar refractivity (Wildman–Crippen MR) is 60.7 cm³/mol. The molecule has 0 radical (unpaired) electrons. The van der Waals surface area contributed by atoms with Gasteiger partial charge in [0.1, 0.15) is 5.01 Å². The molecule has 2 aliphatic rings. The Hall–Kier alpha value is -1.01. The zero-order valence-electron chi connectivity index (χ0n) is 8.89. The highest BCUT2D eigenvalue weighted by molar-refractivity contribution is 7.16. The number of nitrogens with one attached hydrogen (secondary N) is 1. The summed E-state index contributed by atoms with van der Waals surface area (Å²) in [6.45, 7) is 2.27. The Balaban J connectivity index is 1.66. The zero-order valence-corrected chi connectivity index (χ0v) is 9.70. The minimum absolute atomic E-state index is 0.621. The fourth-order valence-electron chi connectivity index (χ4n) is 2.09. The summed E-state index contributed by atoms with van der Waals surface area (Å²) in [6, 6.07) is 0. The minimum Gasteiger partial charge on any atom is -0.316 e. The molecule has 0 atom stereocenters. The lowest BCUT2D eigenvalue weighted by Crippen LogP contribution is -2.43. The zero-order chi connectivity index (χ0) is 10.5. The molecule has 3 heterocycles. The lowest BCUT2D eigenvalue weighted by Gasteiger charge is -2.25. The largest absolute Gasteiger partial charge is 0.316 e. The molecular formula is C10H13N5S. The van der Waals surface area contributed by atoms with Crippen molar-refractivity contribution in [2.24, 2.45) is 5.92 Å². The summed E-state index contributed by atoms with van der Waals surface area (Å²) in [4.78, 5) is 0.962. The van der Waals surface area contributed by atoms with Gasteiger partial charge in [0.15, 0.2) is 5.82 Å². The minimum atomic E-state index is 0.621. The van der Waals surface area contributed by atoms with E-state index in [1.807, 2.05) is 4.52 Å². The predicted octanol–water partition coefficient (Wildman–Crippen LogP) is 0.825. The van der Waals surface area contributed by atoms with Gasteiger partial charge in [0, 0.05) is 12.3 Å². The number of aromatic nitrogens is 4. The highest BCUT2D eigenvalue weighted by atomic mass is 32.1. The van der Waals surface area contributed by atoms with Crippen molar-refractivity contribution in [3.8, 4) is 0 Å². The van der Waals surface area contributed by atoms with E-state index in [4.69, 9.17) is 0 Å². The molecule has 2 aromatic heterocycles. The quantitative estimate of drug-likeness (QED) is 0.856. The van der Waals surface area contributed by atoms with Crippen LogP contribution in [0.15, 0.2) is 0 Å². The molecule has 0 aromatic carbocycles. The molecule has 2 fully saturated rings. The van der Waals surface area contributed by atoms with Crippen LogP contribution in [-0.2, 0) is 6.42 Å². The monoisotopic (exact) mass is 235 g/mol. The van der Waals surface area contributed by atoms with E-state index in [2.05, 4.69) is 20.6 Å². The maximum atomic E-state index is 4.64. The van der Waals surface area contributed by atoms with E-state index >= 15 is 0 Å². The Labute approximate surface area is 96.9 Å². The molecule has 4 rings (SSSR count). The number of fused-ring (bicyclic) bond motifs is 1. The van der Waals surface area contributed by atoms with Crippen molar-refractivity contribution in [2.75, 3.05) is 13.1 Å². The Bertz CT molecular complexity index is 522. The Morgan fingerprint density at radius 1 is 1.31 bits per heavy atom. The molecule has 2 aromatic rings. The van der Waals surface area contributed by atoms with Gasteiger partial charge in [0.05, 0.1) is 0 Å². The van der Waals surface area contributed by atoms with E-state index in [0.717, 1.165) is 36.2 Å². The van der Waals surface area contributed by atoms with Crippen LogP contribution in [0.1, 0.15) is 29.6 Å². The van der Waals surface area contributed by atoms with Crippen LogP contribution in [0.3, 0.4) is 0 Å². The Morgan fingerprint density at radius 2 is 2.19 bits per heavy atom. The molecular weight excluding hydrogens is 222 g/mol. The summed E-state index contributed by atoms with van der Waals surface area (Å²) in [6.07, 6.45) is 3.59. The average Bonchev–Trinajstić information content (AvgIpc) is 2.86. The van der Waals surface area contributed by atoms with Crippen molar-refractivity contribution in [3.63, 3.8) is 0 Å². The smallest absolute Gasteiger partial charge is 0.234 e. The summed E-state index contributed by atoms with van der Waals surface area (Å²) in [5.41, 5.74) is 0. The second kappa shape index (κ2) is 3.24. The molecule has 1 saturated heterocycles. The second-order valence-electron chi connectivity index (χ2n) is 4.75. The van der Waals surface area contributed by atoms with Gasteiger partial charge >= 0.3 is 0 Å². The third-order valence-electron chi connectivity index (χ3n) is 3.33. The van der Waals surface area contributed by atoms with Gasteiger partial charge in [0.25, 0.3) is 0 Å². The van der Waals surface area contributed by atoms with Crippen molar-refractivity contribution >= 4 is 16.3 Å². The van der Waals surface area contributed by atoms with Crippen LogP contribution in [0.5, 0.6) is 0 Å². The van der Waals surface area contributed by atoms with Crippen molar-refractivity contribution in [1.82, 2.24) is 25.1 Å². The molecule has 1 N–H and O–H groups in total. The number of nitrogens with zero attached hydrogens (tertiary/aromatic N) is 4. The molecule has 84 valence electrons. The second-order valence-corrected chi connectivity index (χ2v) is 5.79. The van der Waals surface area contributed by atoms with Crippen LogP contribution in [0, 0.1) is 5.92 Å². The lowest BCUT2D eigenvalue weighted by molar-refractivity contribution is 0.345. The van der Waals surface area contributed by atoms with E-state index in [-0.39, 0.29) is 0 Å². The molecule has 0 bridgehead atoms. The Morgan fingerprint density at radius 3 is 2.88 bits per heavy atom.